The van der Waals surface area contributed by atoms with Crippen LogP contribution in [-0.4, -0.2) is 28.6 Å². The summed E-state index contributed by atoms with van der Waals surface area (Å²) >= 11 is 0. The van der Waals surface area contributed by atoms with E-state index in [9.17, 15) is 0 Å². The fourth-order valence-corrected chi connectivity index (χ4v) is 3.51. The van der Waals surface area contributed by atoms with Crippen LogP contribution in [0.15, 0.2) is 48.9 Å². The Bertz CT molecular complexity index is 957. The summed E-state index contributed by atoms with van der Waals surface area (Å²) in [6.45, 7) is 5.84. The van der Waals surface area contributed by atoms with Gasteiger partial charge in [0.05, 0.1) is 18.8 Å². The summed E-state index contributed by atoms with van der Waals surface area (Å²) in [5.74, 6) is 2.73. The Labute approximate surface area is 165 Å². The van der Waals surface area contributed by atoms with E-state index in [1.807, 2.05) is 24.4 Å². The quantitative estimate of drug-likeness (QED) is 0.729. The van der Waals surface area contributed by atoms with Crippen LogP contribution in [0.5, 0.6) is 5.75 Å². The van der Waals surface area contributed by atoms with E-state index >= 15 is 0 Å². The van der Waals surface area contributed by atoms with Gasteiger partial charge in [-0.15, -0.1) is 0 Å². The van der Waals surface area contributed by atoms with E-state index in [1.54, 1.807) is 13.4 Å². The summed E-state index contributed by atoms with van der Waals surface area (Å²) in [6.07, 6.45) is 4.45. The van der Waals surface area contributed by atoms with E-state index in [0.717, 1.165) is 53.7 Å². The van der Waals surface area contributed by atoms with E-state index in [2.05, 4.69) is 57.2 Å². The minimum atomic E-state index is 0.0991. The Morgan fingerprint density at radius 1 is 1.14 bits per heavy atom. The van der Waals surface area contributed by atoms with Crippen LogP contribution in [-0.2, 0) is 13.0 Å². The van der Waals surface area contributed by atoms with Gasteiger partial charge in [-0.2, -0.15) is 0 Å². The van der Waals surface area contributed by atoms with Gasteiger partial charge >= 0.3 is 0 Å². The van der Waals surface area contributed by atoms with Gasteiger partial charge in [0.25, 0.3) is 0 Å². The molecule has 1 atom stereocenters. The van der Waals surface area contributed by atoms with E-state index in [0.29, 0.717) is 0 Å². The Balaban J connectivity index is 1.57. The number of hydrogen-bond acceptors (Lipinski definition) is 6. The van der Waals surface area contributed by atoms with Crippen LogP contribution in [0.2, 0.25) is 0 Å². The second-order valence-corrected chi connectivity index (χ2v) is 7.16. The summed E-state index contributed by atoms with van der Waals surface area (Å²) in [4.78, 5) is 15.9. The summed E-state index contributed by atoms with van der Waals surface area (Å²) < 4.78 is 5.35. The van der Waals surface area contributed by atoms with Crippen molar-refractivity contribution in [3.63, 3.8) is 0 Å². The molecule has 1 aliphatic heterocycles. The van der Waals surface area contributed by atoms with Crippen LogP contribution < -0.4 is 15.0 Å². The highest BCUT2D eigenvalue weighted by molar-refractivity contribution is 5.53. The van der Waals surface area contributed by atoms with Crippen molar-refractivity contribution in [1.82, 2.24) is 15.0 Å². The van der Waals surface area contributed by atoms with Crippen LogP contribution in [0.3, 0.4) is 0 Å². The molecule has 0 saturated heterocycles. The number of nitrogens with one attached hydrogen (secondary N) is 1. The number of fused-ring (bicyclic) bond motifs is 1. The smallest absolute Gasteiger partial charge is 0.135 e. The van der Waals surface area contributed by atoms with Crippen LogP contribution in [0, 0.1) is 6.92 Å². The lowest BCUT2D eigenvalue weighted by Gasteiger charge is -2.30. The molecular formula is C22H25N5O. The highest BCUT2D eigenvalue weighted by atomic mass is 16.5. The summed E-state index contributed by atoms with van der Waals surface area (Å²) in [7, 11) is 1.69. The molecule has 3 aromatic rings. The number of ether oxygens (including phenoxy) is 1. The van der Waals surface area contributed by atoms with Gasteiger partial charge in [0.15, 0.2) is 0 Å². The number of methoxy groups -OCH3 is 1. The zero-order valence-corrected chi connectivity index (χ0v) is 16.5. The second kappa shape index (κ2) is 7.84. The van der Waals surface area contributed by atoms with Crippen molar-refractivity contribution >= 4 is 11.6 Å². The molecule has 28 heavy (non-hydrogen) atoms. The molecule has 6 nitrogen and oxygen atoms in total. The Hall–Kier alpha value is -3.15. The maximum atomic E-state index is 5.35. The maximum absolute atomic E-state index is 5.35. The first-order chi connectivity index (χ1) is 13.6. The van der Waals surface area contributed by atoms with Crippen LogP contribution in [0.25, 0.3) is 0 Å². The first kappa shape index (κ1) is 18.2. The number of anilines is 2. The highest BCUT2D eigenvalue weighted by Crippen LogP contribution is 2.29. The van der Waals surface area contributed by atoms with Crippen molar-refractivity contribution in [3.8, 4) is 5.75 Å². The molecule has 0 unspecified atom stereocenters. The number of rotatable bonds is 5. The molecule has 0 fully saturated rings. The molecule has 0 aliphatic carbocycles. The van der Waals surface area contributed by atoms with Gasteiger partial charge in [-0.05, 0) is 43.2 Å². The lowest BCUT2D eigenvalue weighted by Crippen LogP contribution is -2.32. The SMILES string of the molecule is COc1cccc([C@H](C)Nc2ncnc3c2CN(c2ccc(C)cn2)CC3)c1. The van der Waals surface area contributed by atoms with Gasteiger partial charge in [-0.25, -0.2) is 15.0 Å². The molecule has 144 valence electrons. The number of pyridine rings is 1. The number of nitrogens with zero attached hydrogens (tertiary/aromatic N) is 4. The van der Waals surface area contributed by atoms with Gasteiger partial charge in [-0.1, -0.05) is 18.2 Å². The normalized spacial score (nSPS) is 14.3. The molecule has 2 aromatic heterocycles. The van der Waals surface area contributed by atoms with Crippen molar-refractivity contribution in [2.75, 3.05) is 23.9 Å². The Kier molecular flexibility index (Phi) is 5.10. The van der Waals surface area contributed by atoms with E-state index in [-0.39, 0.29) is 6.04 Å². The molecule has 0 spiro atoms. The standard InChI is InChI=1S/C22H25N5O/c1-15-7-8-21(23-12-15)27-10-9-20-19(13-27)22(25-14-24-20)26-16(2)17-5-4-6-18(11-17)28-3/h4-8,11-12,14,16H,9-10,13H2,1-3H3,(H,24,25,26)/t16-/m0/s1. The monoisotopic (exact) mass is 375 g/mol. The molecule has 0 amide bonds. The van der Waals surface area contributed by atoms with Crippen molar-refractivity contribution < 1.29 is 4.74 Å². The Morgan fingerprint density at radius 3 is 2.82 bits per heavy atom. The number of hydrogen-bond donors (Lipinski definition) is 1. The molecule has 4 rings (SSSR count). The molecule has 3 heterocycles. The number of aromatic nitrogens is 3. The molecule has 0 saturated carbocycles. The van der Waals surface area contributed by atoms with E-state index < -0.39 is 0 Å². The van der Waals surface area contributed by atoms with E-state index in [4.69, 9.17) is 4.74 Å². The lowest BCUT2D eigenvalue weighted by molar-refractivity contribution is 0.414. The predicted molar refractivity (Wildman–Crippen MR) is 111 cm³/mol. The fourth-order valence-electron chi connectivity index (χ4n) is 3.51. The van der Waals surface area contributed by atoms with Gasteiger partial charge in [0.2, 0.25) is 0 Å². The summed E-state index contributed by atoms with van der Waals surface area (Å²) in [6, 6.07) is 12.4. The zero-order chi connectivity index (χ0) is 19.5. The lowest BCUT2D eigenvalue weighted by atomic mass is 10.0. The van der Waals surface area contributed by atoms with Crippen LogP contribution >= 0.6 is 0 Å². The van der Waals surface area contributed by atoms with Crippen molar-refractivity contribution in [1.29, 1.82) is 0 Å². The predicted octanol–water partition coefficient (Wildman–Crippen LogP) is 3.92. The first-order valence-electron chi connectivity index (χ1n) is 9.55. The fraction of sp³-hybridized carbons (Fsp3) is 0.318. The highest BCUT2D eigenvalue weighted by Gasteiger charge is 2.23. The topological polar surface area (TPSA) is 63.2 Å². The van der Waals surface area contributed by atoms with Gasteiger partial charge in [0, 0.05) is 31.3 Å². The van der Waals surface area contributed by atoms with Gasteiger partial charge in [0.1, 0.15) is 23.7 Å². The summed E-state index contributed by atoms with van der Waals surface area (Å²) in [5, 5.41) is 3.57. The number of aryl methyl sites for hydroxylation is 1. The minimum absolute atomic E-state index is 0.0991. The molecule has 0 bridgehead atoms. The molecule has 0 radical (unpaired) electrons. The van der Waals surface area contributed by atoms with Gasteiger partial charge < -0.3 is 15.0 Å². The van der Waals surface area contributed by atoms with Crippen molar-refractivity contribution in [2.24, 2.45) is 0 Å². The van der Waals surface area contributed by atoms with E-state index in [1.165, 1.54) is 5.56 Å². The second-order valence-electron chi connectivity index (χ2n) is 7.16. The molecule has 1 aromatic carbocycles. The first-order valence-corrected chi connectivity index (χ1v) is 9.55. The molecule has 1 N–H and O–H groups in total. The molecular weight excluding hydrogens is 350 g/mol. The molecule has 1 aliphatic rings. The third-order valence-corrected chi connectivity index (χ3v) is 5.17. The van der Waals surface area contributed by atoms with Crippen LogP contribution in [0.1, 0.15) is 35.3 Å². The van der Waals surface area contributed by atoms with Crippen LogP contribution in [0.4, 0.5) is 11.6 Å². The zero-order valence-electron chi connectivity index (χ0n) is 16.5. The summed E-state index contributed by atoms with van der Waals surface area (Å²) in [5.41, 5.74) is 4.57. The maximum Gasteiger partial charge on any atom is 0.135 e. The van der Waals surface area contributed by atoms with Crippen molar-refractivity contribution in [2.45, 2.75) is 32.9 Å². The largest absolute Gasteiger partial charge is 0.497 e. The van der Waals surface area contributed by atoms with Crippen molar-refractivity contribution in [3.05, 3.63) is 71.3 Å². The average molecular weight is 375 g/mol. The third-order valence-electron chi connectivity index (χ3n) is 5.17. The number of benzene rings is 1. The van der Waals surface area contributed by atoms with Gasteiger partial charge in [-0.3, -0.25) is 0 Å². The molecule has 6 heteroatoms. The average Bonchev–Trinajstić information content (AvgIpc) is 2.74. The Morgan fingerprint density at radius 2 is 2.04 bits per heavy atom. The minimum Gasteiger partial charge on any atom is -0.497 e. The third kappa shape index (κ3) is 3.76.